The van der Waals surface area contributed by atoms with Gasteiger partial charge in [0.15, 0.2) is 9.89 Å². The van der Waals surface area contributed by atoms with E-state index in [1.54, 1.807) is 24.5 Å². The summed E-state index contributed by atoms with van der Waals surface area (Å²) in [7, 11) is 0. The molecule has 0 fully saturated rings. The topological polar surface area (TPSA) is 73.8 Å². The summed E-state index contributed by atoms with van der Waals surface area (Å²) in [6.07, 6.45) is 1.71. The molecule has 2 aromatic heterocycles. The highest BCUT2D eigenvalue weighted by Crippen LogP contribution is 2.31. The van der Waals surface area contributed by atoms with Crippen LogP contribution in [0.3, 0.4) is 0 Å². The van der Waals surface area contributed by atoms with Gasteiger partial charge >= 0.3 is 5.97 Å². The monoisotopic (exact) mass is 536 g/mol. The fourth-order valence-electron chi connectivity index (χ4n) is 3.96. The minimum atomic E-state index is -0.628. The van der Waals surface area contributed by atoms with Gasteiger partial charge < -0.3 is 9.15 Å². The van der Waals surface area contributed by atoms with Crippen molar-refractivity contribution in [3.63, 3.8) is 0 Å². The number of aromatic nitrogens is 1. The molecule has 3 heterocycles. The lowest BCUT2D eigenvalue weighted by atomic mass is 9.96. The van der Waals surface area contributed by atoms with E-state index in [-0.39, 0.29) is 12.2 Å². The Labute approximate surface area is 220 Å². The maximum Gasteiger partial charge on any atom is 0.338 e. The first-order valence-corrected chi connectivity index (χ1v) is 13.2. The number of ether oxygens (including phenoxy) is 1. The SMILES string of the molecule is CCOC(=O)C1=C(C)N=c2sc(=Cc3ccc(Sc4ccc(Cl)cc4)o3)c(=O)n2[C@@H]1c1ccccc1. The number of fused-ring (bicyclic) bond motifs is 1. The van der Waals surface area contributed by atoms with E-state index < -0.39 is 12.0 Å². The number of esters is 1. The van der Waals surface area contributed by atoms with Crippen LogP contribution in [0.2, 0.25) is 5.02 Å². The van der Waals surface area contributed by atoms with Crippen LogP contribution in [0.5, 0.6) is 0 Å². The molecule has 0 N–H and O–H groups in total. The van der Waals surface area contributed by atoms with Gasteiger partial charge in [0.25, 0.3) is 5.56 Å². The first-order valence-electron chi connectivity index (χ1n) is 11.2. The zero-order valence-corrected chi connectivity index (χ0v) is 21.8. The number of carbonyl (C=O) groups is 1. The van der Waals surface area contributed by atoms with Crippen LogP contribution in [0, 0.1) is 0 Å². The highest BCUT2D eigenvalue weighted by Gasteiger charge is 2.33. The summed E-state index contributed by atoms with van der Waals surface area (Å²) in [5.74, 6) is 0.0751. The fraction of sp³-hybridized carbons (Fsp3) is 0.148. The number of rotatable bonds is 6. The second-order valence-corrected chi connectivity index (χ2v) is 10.4. The summed E-state index contributed by atoms with van der Waals surface area (Å²) in [4.78, 5) is 32.6. The maximum absolute atomic E-state index is 13.6. The predicted molar refractivity (Wildman–Crippen MR) is 141 cm³/mol. The van der Waals surface area contributed by atoms with Gasteiger partial charge in [-0.25, -0.2) is 9.79 Å². The van der Waals surface area contributed by atoms with Crippen molar-refractivity contribution in [3.8, 4) is 0 Å². The summed E-state index contributed by atoms with van der Waals surface area (Å²) in [5.41, 5.74) is 1.46. The van der Waals surface area contributed by atoms with Gasteiger partial charge in [0.2, 0.25) is 0 Å². The van der Waals surface area contributed by atoms with E-state index in [4.69, 9.17) is 20.8 Å². The lowest BCUT2D eigenvalue weighted by Crippen LogP contribution is -2.39. The number of allylic oxidation sites excluding steroid dienone is 1. The molecule has 5 rings (SSSR count). The Morgan fingerprint density at radius 2 is 1.92 bits per heavy atom. The third-order valence-corrected chi connectivity index (χ3v) is 7.70. The van der Waals surface area contributed by atoms with Crippen molar-refractivity contribution in [1.29, 1.82) is 0 Å². The van der Waals surface area contributed by atoms with Crippen LogP contribution in [-0.2, 0) is 9.53 Å². The van der Waals surface area contributed by atoms with Gasteiger partial charge in [0.05, 0.1) is 28.5 Å². The molecule has 4 aromatic rings. The molecule has 6 nitrogen and oxygen atoms in total. The van der Waals surface area contributed by atoms with E-state index in [9.17, 15) is 9.59 Å². The Balaban J connectivity index is 1.56. The Morgan fingerprint density at radius 1 is 1.17 bits per heavy atom. The second kappa shape index (κ2) is 10.3. The average molecular weight is 537 g/mol. The van der Waals surface area contributed by atoms with Crippen LogP contribution in [0.15, 0.2) is 102 Å². The molecule has 2 aromatic carbocycles. The Morgan fingerprint density at radius 3 is 2.64 bits per heavy atom. The van der Waals surface area contributed by atoms with Crippen molar-refractivity contribution in [2.45, 2.75) is 29.9 Å². The van der Waals surface area contributed by atoms with Crippen molar-refractivity contribution in [1.82, 2.24) is 4.57 Å². The number of furan rings is 1. The summed E-state index contributed by atoms with van der Waals surface area (Å²) in [5, 5.41) is 1.36. The molecule has 0 amide bonds. The molecule has 0 radical (unpaired) electrons. The van der Waals surface area contributed by atoms with Crippen LogP contribution < -0.4 is 14.9 Å². The highest BCUT2D eigenvalue weighted by atomic mass is 35.5. The molecule has 0 saturated carbocycles. The second-order valence-electron chi connectivity index (χ2n) is 7.93. The first kappa shape index (κ1) is 24.4. The van der Waals surface area contributed by atoms with Crippen LogP contribution in [0.1, 0.15) is 31.2 Å². The van der Waals surface area contributed by atoms with Crippen LogP contribution in [0.25, 0.3) is 6.08 Å². The Kier molecular flexibility index (Phi) is 7.00. The van der Waals surface area contributed by atoms with Gasteiger partial charge in [-0.15, -0.1) is 0 Å². The molecule has 0 bridgehead atoms. The van der Waals surface area contributed by atoms with Crippen molar-refractivity contribution >= 4 is 46.7 Å². The smallest absolute Gasteiger partial charge is 0.338 e. The summed E-state index contributed by atoms with van der Waals surface area (Å²) >= 11 is 8.69. The molecular weight excluding hydrogens is 516 g/mol. The molecular formula is C27H21ClN2O4S2. The van der Waals surface area contributed by atoms with E-state index >= 15 is 0 Å². The lowest BCUT2D eigenvalue weighted by Gasteiger charge is -2.24. The summed E-state index contributed by atoms with van der Waals surface area (Å²) < 4.78 is 13.3. The number of nitrogens with zero attached hydrogens (tertiary/aromatic N) is 2. The maximum atomic E-state index is 13.6. The molecule has 1 aliphatic heterocycles. The Hall–Kier alpha value is -3.33. The number of thiazole rings is 1. The van der Waals surface area contributed by atoms with E-state index in [2.05, 4.69) is 4.99 Å². The molecule has 9 heteroatoms. The van der Waals surface area contributed by atoms with Crippen LogP contribution >= 0.6 is 34.7 Å². The van der Waals surface area contributed by atoms with Crippen molar-refractivity contribution in [3.05, 3.63) is 114 Å². The standard InChI is InChI=1S/C27H21ClN2O4S2/c1-3-33-26(32)23-16(2)29-27-30(24(23)17-7-5-4-6-8-17)25(31)21(36-27)15-19-11-14-22(34-19)35-20-12-9-18(28)10-13-20/h4-15,24H,3H2,1-2H3/t24-/m1/s1. The summed E-state index contributed by atoms with van der Waals surface area (Å²) in [6.45, 7) is 3.76. The average Bonchev–Trinajstić information content (AvgIpc) is 3.44. The summed E-state index contributed by atoms with van der Waals surface area (Å²) in [6, 6.07) is 20.0. The van der Waals surface area contributed by atoms with E-state index in [0.29, 0.717) is 36.5 Å². The fourth-order valence-corrected chi connectivity index (χ4v) is 5.89. The van der Waals surface area contributed by atoms with Crippen LogP contribution in [-0.4, -0.2) is 17.1 Å². The van der Waals surface area contributed by atoms with E-state index in [1.165, 1.54) is 23.1 Å². The molecule has 1 atom stereocenters. The number of hydrogen-bond donors (Lipinski definition) is 0. The quantitative estimate of drug-likeness (QED) is 0.317. The van der Waals surface area contributed by atoms with Crippen molar-refractivity contribution in [2.75, 3.05) is 6.61 Å². The van der Waals surface area contributed by atoms with Gasteiger partial charge in [0, 0.05) is 16.0 Å². The molecule has 0 aliphatic carbocycles. The highest BCUT2D eigenvalue weighted by molar-refractivity contribution is 7.99. The van der Waals surface area contributed by atoms with Gasteiger partial charge in [-0.05, 0) is 55.8 Å². The molecule has 1 aliphatic rings. The zero-order valence-electron chi connectivity index (χ0n) is 19.4. The van der Waals surface area contributed by atoms with Crippen LogP contribution in [0.4, 0.5) is 0 Å². The number of benzene rings is 2. The number of hydrogen-bond acceptors (Lipinski definition) is 7. The largest absolute Gasteiger partial charge is 0.463 e. The molecule has 0 spiro atoms. The van der Waals surface area contributed by atoms with E-state index in [0.717, 1.165) is 10.5 Å². The third kappa shape index (κ3) is 4.84. The number of halogens is 1. The molecule has 36 heavy (non-hydrogen) atoms. The van der Waals surface area contributed by atoms with Crippen molar-refractivity contribution in [2.24, 2.45) is 4.99 Å². The molecule has 0 saturated heterocycles. The molecule has 182 valence electrons. The van der Waals surface area contributed by atoms with Gasteiger partial charge in [-0.2, -0.15) is 0 Å². The Bertz CT molecular complexity index is 1630. The third-order valence-electron chi connectivity index (χ3n) is 5.54. The number of carbonyl (C=O) groups excluding carboxylic acids is 1. The normalized spacial score (nSPS) is 15.5. The van der Waals surface area contributed by atoms with Crippen molar-refractivity contribution < 1.29 is 13.9 Å². The predicted octanol–water partition coefficient (Wildman–Crippen LogP) is 5.20. The van der Waals surface area contributed by atoms with Gasteiger partial charge in [-0.3, -0.25) is 9.36 Å². The van der Waals surface area contributed by atoms with E-state index in [1.807, 2.05) is 66.7 Å². The minimum absolute atomic E-state index is 0.233. The zero-order chi connectivity index (χ0) is 25.2. The first-order chi connectivity index (χ1) is 17.4. The minimum Gasteiger partial charge on any atom is -0.463 e. The van der Waals surface area contributed by atoms with Gasteiger partial charge in [-0.1, -0.05) is 65.0 Å². The lowest BCUT2D eigenvalue weighted by molar-refractivity contribution is -0.139. The van der Waals surface area contributed by atoms with Gasteiger partial charge in [0.1, 0.15) is 5.76 Å². The molecule has 0 unspecified atom stereocenters.